The van der Waals surface area contributed by atoms with Crippen molar-refractivity contribution in [3.05, 3.63) is 136 Å². The molecule has 0 heterocycles. The van der Waals surface area contributed by atoms with E-state index in [1.165, 1.54) is 41.5 Å². The smallest absolute Gasteiger partial charge is 0.198 e. The Balaban J connectivity index is 2.34. The molecule has 0 amide bonds. The summed E-state index contributed by atoms with van der Waals surface area (Å²) in [6, 6.07) is 0. The third-order valence-corrected chi connectivity index (χ3v) is 7.16. The van der Waals surface area contributed by atoms with Gasteiger partial charge in [0.25, 0.3) is 0 Å². The van der Waals surface area contributed by atoms with E-state index in [-0.39, 0.29) is 66.9 Å². The molecule has 0 aromatic heterocycles. The van der Waals surface area contributed by atoms with Gasteiger partial charge in [-0.3, -0.25) is 28.8 Å². The Morgan fingerprint density at radius 3 is 0.500 bits per heavy atom. The molecule has 0 bridgehead atoms. The Kier molecular flexibility index (Phi) is 7.64. The van der Waals surface area contributed by atoms with Crippen LogP contribution < -0.4 is 0 Å². The van der Waals surface area contributed by atoms with Crippen molar-refractivity contribution in [1.29, 1.82) is 0 Å². The van der Waals surface area contributed by atoms with Crippen LogP contribution in [-0.4, -0.2) is 34.7 Å². The van der Waals surface area contributed by atoms with Crippen LogP contribution in [0.2, 0.25) is 0 Å². The molecule has 4 aliphatic rings. The number of carbonyl (C=O) groups excluding carboxylic acids is 6. The zero-order valence-corrected chi connectivity index (χ0v) is 23.4. The van der Waals surface area contributed by atoms with Crippen LogP contribution in [0.3, 0.4) is 0 Å². The van der Waals surface area contributed by atoms with E-state index in [4.69, 9.17) is 0 Å². The molecule has 0 fully saturated rings. The van der Waals surface area contributed by atoms with Crippen LogP contribution >= 0.6 is 0 Å². The predicted octanol–water partition coefficient (Wildman–Crippen LogP) is 4.22. The second-order valence-electron chi connectivity index (χ2n) is 9.47. The predicted molar refractivity (Wildman–Crippen MR) is 148 cm³/mol. The van der Waals surface area contributed by atoms with Crippen molar-refractivity contribution in [1.82, 2.24) is 0 Å². The van der Waals surface area contributed by atoms with E-state index in [9.17, 15) is 28.8 Å². The van der Waals surface area contributed by atoms with Crippen molar-refractivity contribution >= 4 is 34.7 Å². The second-order valence-corrected chi connectivity index (χ2v) is 9.47. The van der Waals surface area contributed by atoms with Crippen LogP contribution in [0.1, 0.15) is 41.5 Å². The second kappa shape index (κ2) is 11.1. The average molecular weight is 547 g/mol. The van der Waals surface area contributed by atoms with E-state index in [1.54, 1.807) is 0 Å². The van der Waals surface area contributed by atoms with Crippen molar-refractivity contribution in [3.63, 3.8) is 0 Å². The van der Waals surface area contributed by atoms with E-state index in [0.717, 1.165) is 0 Å². The lowest BCUT2D eigenvalue weighted by molar-refractivity contribution is -0.116. The summed E-state index contributed by atoms with van der Waals surface area (Å²) in [5.74, 6) is -3.16. The van der Waals surface area contributed by atoms with Crippen LogP contribution in [0.25, 0.3) is 0 Å². The number of hydrogen-bond acceptors (Lipinski definition) is 6. The lowest BCUT2D eigenvalue weighted by atomic mass is 9.84. The SMILES string of the molecule is CC1=C(C)C(=O)C2=C=C=C=C=C3C(=O)C(C)=C(C)C(=O)C3=C=C=C=C=C3C(=O)C(C)=C(C)C(=O)C3=C=C=C=C=C2C1=O. The van der Waals surface area contributed by atoms with Gasteiger partial charge in [0.15, 0.2) is 34.7 Å². The van der Waals surface area contributed by atoms with Crippen molar-refractivity contribution in [2.45, 2.75) is 41.5 Å². The normalized spacial score (nSPS) is 18.4. The zero-order chi connectivity index (χ0) is 30.9. The molecule has 0 aliphatic heterocycles. The summed E-state index contributed by atoms with van der Waals surface area (Å²) in [6.45, 7) is 8.94. The number of allylic oxidation sites excluding steroid dienone is 12. The van der Waals surface area contributed by atoms with E-state index < -0.39 is 34.7 Å². The van der Waals surface area contributed by atoms with Crippen molar-refractivity contribution in [2.24, 2.45) is 0 Å². The fourth-order valence-corrected chi connectivity index (χ4v) is 4.11. The van der Waals surface area contributed by atoms with Gasteiger partial charge in [0, 0.05) is 33.4 Å². The molecule has 0 aromatic rings. The monoisotopic (exact) mass is 546 g/mol. The summed E-state index contributed by atoms with van der Waals surface area (Å²) < 4.78 is 0. The number of hydrogen-bond donors (Lipinski definition) is 0. The first kappa shape index (κ1) is 28.8. The first-order valence-corrected chi connectivity index (χ1v) is 12.5. The van der Waals surface area contributed by atoms with E-state index >= 15 is 0 Å². The summed E-state index contributed by atoms with van der Waals surface area (Å²) in [5, 5.41) is 0. The van der Waals surface area contributed by atoms with Crippen molar-refractivity contribution in [2.75, 3.05) is 0 Å². The third kappa shape index (κ3) is 4.83. The van der Waals surface area contributed by atoms with Crippen molar-refractivity contribution < 1.29 is 28.8 Å². The largest absolute Gasteiger partial charge is 0.288 e. The molecule has 0 atom stereocenters. The fourth-order valence-electron chi connectivity index (χ4n) is 4.11. The molecule has 0 aromatic carbocycles. The zero-order valence-electron chi connectivity index (χ0n) is 23.4. The molecule has 0 radical (unpaired) electrons. The molecular weight excluding hydrogens is 528 g/mol. The highest BCUT2D eigenvalue weighted by Crippen LogP contribution is 2.28. The van der Waals surface area contributed by atoms with Gasteiger partial charge < -0.3 is 0 Å². The van der Waals surface area contributed by atoms with E-state index in [2.05, 4.69) is 68.8 Å². The summed E-state index contributed by atoms with van der Waals surface area (Å²) in [7, 11) is 0. The first-order valence-electron chi connectivity index (χ1n) is 12.5. The Bertz CT molecular complexity index is 1820. The molecule has 0 unspecified atom stereocenters. The molecule has 0 spiro atoms. The van der Waals surface area contributed by atoms with Gasteiger partial charge in [-0.15, -0.1) is 0 Å². The van der Waals surface area contributed by atoms with Crippen LogP contribution in [0.15, 0.2) is 136 Å². The number of carbonyl (C=O) groups is 6. The molecule has 0 saturated carbocycles. The Hall–Kier alpha value is -6.18. The highest BCUT2D eigenvalue weighted by atomic mass is 16.2. The molecule has 0 saturated heterocycles. The summed E-state index contributed by atoms with van der Waals surface area (Å²) in [4.78, 5) is 78.1. The molecule has 0 N–H and O–H groups in total. The summed E-state index contributed by atoms with van der Waals surface area (Å²) >= 11 is 0. The summed E-state index contributed by atoms with van der Waals surface area (Å²) in [5.41, 5.74) is 30.2. The number of Topliss-reactive ketones (excluding diaryl/α,β-unsaturated/α-hetero) is 6. The van der Waals surface area contributed by atoms with Gasteiger partial charge in [-0.25, -0.2) is 0 Å². The minimum Gasteiger partial charge on any atom is -0.288 e. The quantitative estimate of drug-likeness (QED) is 0.422. The van der Waals surface area contributed by atoms with Gasteiger partial charge in [0.1, 0.15) is 0 Å². The minimum absolute atomic E-state index is 0.193. The topological polar surface area (TPSA) is 102 Å². The Labute approximate surface area is 240 Å². The summed E-state index contributed by atoms with van der Waals surface area (Å²) in [6.07, 6.45) is 0. The molecule has 6 heteroatoms. The average Bonchev–Trinajstić information content (AvgIpc) is 2.97. The molecule has 198 valence electrons. The number of ketones is 6. The minimum atomic E-state index is -0.526. The lowest BCUT2D eigenvalue weighted by Crippen LogP contribution is -2.21. The van der Waals surface area contributed by atoms with Crippen LogP contribution in [0, 0.1) is 0 Å². The fraction of sp³-hybridized carbons (Fsp3) is 0.167. The molecule has 4 rings (SSSR count). The number of rotatable bonds is 0. The van der Waals surface area contributed by atoms with Crippen LogP contribution in [0.5, 0.6) is 0 Å². The van der Waals surface area contributed by atoms with Crippen molar-refractivity contribution in [3.8, 4) is 0 Å². The van der Waals surface area contributed by atoms with Gasteiger partial charge in [-0.1, -0.05) is 0 Å². The van der Waals surface area contributed by atoms with Crippen LogP contribution in [0.4, 0.5) is 0 Å². The van der Waals surface area contributed by atoms with Gasteiger partial charge in [-0.05, 0) is 110 Å². The highest BCUT2D eigenvalue weighted by Gasteiger charge is 2.33. The first-order chi connectivity index (χ1) is 19.9. The molecule has 6 nitrogen and oxygen atoms in total. The maximum atomic E-state index is 13.0. The Morgan fingerprint density at radius 1 is 0.262 bits per heavy atom. The maximum absolute atomic E-state index is 13.0. The maximum Gasteiger partial charge on any atom is 0.198 e. The third-order valence-electron chi connectivity index (χ3n) is 7.16. The number of fused-ring (bicyclic) bond motifs is 3. The van der Waals surface area contributed by atoms with Gasteiger partial charge >= 0.3 is 0 Å². The lowest BCUT2D eigenvalue weighted by Gasteiger charge is -2.15. The molecule has 42 heavy (non-hydrogen) atoms. The standard InChI is InChI=1S/C36H18O6/c1-19-20(2)32(38)26-14-9-10-16-28-30(36(42)24(6)23(5)34(28)40)18-12-11-17-29-27(15-8-7-13-25(26)31(19)37)33(39)21(3)22(4)35(29)41/h1-6H3. The van der Waals surface area contributed by atoms with Gasteiger partial charge in [0.2, 0.25) is 0 Å². The van der Waals surface area contributed by atoms with E-state index in [0.29, 0.717) is 0 Å². The van der Waals surface area contributed by atoms with Gasteiger partial charge in [0.05, 0.1) is 33.4 Å². The van der Waals surface area contributed by atoms with E-state index in [1.807, 2.05) is 0 Å². The Morgan fingerprint density at radius 2 is 0.381 bits per heavy atom. The molecular formula is C36H18O6. The van der Waals surface area contributed by atoms with Crippen LogP contribution in [-0.2, 0) is 28.8 Å². The molecule has 4 aliphatic carbocycles. The van der Waals surface area contributed by atoms with Gasteiger partial charge in [-0.2, -0.15) is 0 Å². The highest BCUT2D eigenvalue weighted by molar-refractivity contribution is 6.30.